The highest BCUT2D eigenvalue weighted by Gasteiger charge is 2.42. The van der Waals surface area contributed by atoms with Crippen LogP contribution in [-0.4, -0.2) is 22.2 Å². The van der Waals surface area contributed by atoms with Gasteiger partial charge in [-0.25, -0.2) is 9.59 Å². The molecule has 1 aliphatic carbocycles. The minimum Gasteiger partial charge on any atom is -0.478 e. The number of carbonyl (C=O) groups is 2. The summed E-state index contributed by atoms with van der Waals surface area (Å²) in [6.07, 6.45) is 8.33. The van der Waals surface area contributed by atoms with Crippen molar-refractivity contribution in [3.05, 3.63) is 58.7 Å². The largest absolute Gasteiger partial charge is 0.478 e. The van der Waals surface area contributed by atoms with Crippen LogP contribution >= 0.6 is 0 Å². The first kappa shape index (κ1) is 21.1. The smallest absolute Gasteiger partial charge is 0.335 e. The van der Waals surface area contributed by atoms with E-state index >= 15 is 0 Å². The Morgan fingerprint density at radius 1 is 0.724 bits per heavy atom. The molecular formula is C25H30O4. The van der Waals surface area contributed by atoms with Gasteiger partial charge in [-0.05, 0) is 59.4 Å². The van der Waals surface area contributed by atoms with E-state index in [1.165, 1.54) is 0 Å². The molecule has 0 aliphatic heterocycles. The van der Waals surface area contributed by atoms with Gasteiger partial charge in [0, 0.05) is 5.41 Å². The van der Waals surface area contributed by atoms with Crippen molar-refractivity contribution >= 4 is 11.9 Å². The van der Waals surface area contributed by atoms with Gasteiger partial charge < -0.3 is 10.2 Å². The molecule has 0 aromatic heterocycles. The van der Waals surface area contributed by atoms with E-state index in [1.807, 2.05) is 24.3 Å². The minimum absolute atomic E-state index is 0.297. The first-order valence-corrected chi connectivity index (χ1v) is 10.7. The summed E-state index contributed by atoms with van der Waals surface area (Å²) in [6.45, 7) is 4.34. The summed E-state index contributed by atoms with van der Waals surface area (Å²) in [5.74, 6) is -1.85. The van der Waals surface area contributed by atoms with E-state index in [9.17, 15) is 19.8 Å². The average Bonchev–Trinajstić information content (AvgIpc) is 2.97. The number of rotatable bonds is 10. The van der Waals surface area contributed by atoms with Crippen LogP contribution in [0.3, 0.4) is 0 Å². The monoisotopic (exact) mass is 394 g/mol. The minimum atomic E-state index is -0.925. The van der Waals surface area contributed by atoms with Crippen LogP contribution in [-0.2, 0) is 5.41 Å². The van der Waals surface area contributed by atoms with Crippen molar-refractivity contribution in [2.75, 3.05) is 0 Å². The van der Waals surface area contributed by atoms with Gasteiger partial charge in [0.05, 0.1) is 11.1 Å². The highest BCUT2D eigenvalue weighted by atomic mass is 16.4. The number of carboxylic acids is 2. The average molecular weight is 395 g/mol. The molecule has 29 heavy (non-hydrogen) atoms. The van der Waals surface area contributed by atoms with Crippen LogP contribution in [0.5, 0.6) is 0 Å². The summed E-state index contributed by atoms with van der Waals surface area (Å²) in [5, 5.41) is 19.1. The second kappa shape index (κ2) is 8.81. The van der Waals surface area contributed by atoms with E-state index in [0.29, 0.717) is 11.1 Å². The lowest BCUT2D eigenvalue weighted by Gasteiger charge is -2.33. The molecule has 2 aromatic carbocycles. The molecule has 0 saturated heterocycles. The van der Waals surface area contributed by atoms with E-state index < -0.39 is 11.9 Å². The van der Waals surface area contributed by atoms with Gasteiger partial charge in [-0.1, -0.05) is 64.5 Å². The van der Waals surface area contributed by atoms with Crippen LogP contribution in [0.2, 0.25) is 0 Å². The van der Waals surface area contributed by atoms with E-state index in [4.69, 9.17) is 0 Å². The lowest BCUT2D eigenvalue weighted by atomic mass is 9.70. The maximum Gasteiger partial charge on any atom is 0.335 e. The predicted octanol–water partition coefficient (Wildman–Crippen LogP) is 6.51. The predicted molar refractivity (Wildman–Crippen MR) is 115 cm³/mol. The summed E-state index contributed by atoms with van der Waals surface area (Å²) in [6, 6.07) is 10.8. The zero-order valence-electron chi connectivity index (χ0n) is 17.3. The Balaban J connectivity index is 2.21. The van der Waals surface area contributed by atoms with Gasteiger partial charge in [0.1, 0.15) is 0 Å². The van der Waals surface area contributed by atoms with Gasteiger partial charge in [0.25, 0.3) is 0 Å². The molecule has 0 bridgehead atoms. The molecular weight excluding hydrogens is 364 g/mol. The van der Waals surface area contributed by atoms with Crippen molar-refractivity contribution in [1.82, 2.24) is 0 Å². The summed E-state index contributed by atoms with van der Waals surface area (Å²) in [4.78, 5) is 23.3. The Morgan fingerprint density at radius 2 is 1.14 bits per heavy atom. The first-order valence-electron chi connectivity index (χ1n) is 10.7. The van der Waals surface area contributed by atoms with Gasteiger partial charge >= 0.3 is 11.9 Å². The standard InChI is InChI=1S/C25H30O4/c1-3-5-7-13-25(14-8-6-4-2)21-15-17(23(26)27)9-11-19(21)20-12-10-18(24(28)29)16-22(20)25/h9-12,15-16H,3-8,13-14H2,1-2H3,(H,26,27)(H,28,29). The van der Waals surface area contributed by atoms with Gasteiger partial charge in [-0.3, -0.25) is 0 Å². The SMILES string of the molecule is CCCCCC1(CCCCC)c2cc(C(=O)O)ccc2-c2ccc(C(=O)O)cc21. The lowest BCUT2D eigenvalue weighted by Crippen LogP contribution is -2.26. The third-order valence-corrected chi connectivity index (χ3v) is 6.27. The van der Waals surface area contributed by atoms with Crippen LogP contribution in [0.4, 0.5) is 0 Å². The van der Waals surface area contributed by atoms with Crippen molar-refractivity contribution in [2.45, 2.75) is 70.6 Å². The summed E-state index contributed by atoms with van der Waals surface area (Å²) >= 11 is 0. The molecule has 1 aliphatic rings. The van der Waals surface area contributed by atoms with Crippen molar-refractivity contribution in [3.8, 4) is 11.1 Å². The Hall–Kier alpha value is -2.62. The molecule has 3 rings (SSSR count). The Labute approximate surface area is 172 Å². The fraction of sp³-hybridized carbons (Fsp3) is 0.440. The Kier molecular flexibility index (Phi) is 6.41. The molecule has 2 N–H and O–H groups in total. The van der Waals surface area contributed by atoms with E-state index in [0.717, 1.165) is 73.6 Å². The molecule has 4 nitrogen and oxygen atoms in total. The van der Waals surface area contributed by atoms with Crippen LogP contribution in [0.15, 0.2) is 36.4 Å². The zero-order chi connectivity index (χ0) is 21.0. The van der Waals surface area contributed by atoms with Crippen LogP contribution in [0.1, 0.15) is 97.1 Å². The van der Waals surface area contributed by atoms with Crippen molar-refractivity contribution in [2.24, 2.45) is 0 Å². The Bertz CT molecular complexity index is 838. The van der Waals surface area contributed by atoms with Crippen LogP contribution in [0, 0.1) is 0 Å². The fourth-order valence-corrected chi connectivity index (χ4v) is 4.78. The molecule has 2 aromatic rings. The highest BCUT2D eigenvalue weighted by molar-refractivity contribution is 5.93. The number of aromatic carboxylic acids is 2. The summed E-state index contributed by atoms with van der Waals surface area (Å²) in [7, 11) is 0. The van der Waals surface area contributed by atoms with Crippen LogP contribution in [0.25, 0.3) is 11.1 Å². The first-order chi connectivity index (χ1) is 13.9. The van der Waals surface area contributed by atoms with Gasteiger partial charge in [-0.2, -0.15) is 0 Å². The topological polar surface area (TPSA) is 74.6 Å². The number of hydrogen-bond donors (Lipinski definition) is 2. The number of unbranched alkanes of at least 4 members (excludes halogenated alkanes) is 4. The van der Waals surface area contributed by atoms with Crippen LogP contribution < -0.4 is 0 Å². The molecule has 0 radical (unpaired) electrons. The van der Waals surface area contributed by atoms with Gasteiger partial charge in [0.2, 0.25) is 0 Å². The second-order valence-corrected chi connectivity index (χ2v) is 8.13. The molecule has 4 heteroatoms. The van der Waals surface area contributed by atoms with Crippen molar-refractivity contribution in [3.63, 3.8) is 0 Å². The summed E-state index contributed by atoms with van der Waals surface area (Å²) in [5.41, 5.74) is 4.50. The molecule has 0 heterocycles. The number of hydrogen-bond acceptors (Lipinski definition) is 2. The summed E-state index contributed by atoms with van der Waals surface area (Å²) < 4.78 is 0. The van der Waals surface area contributed by atoms with Gasteiger partial charge in [0.15, 0.2) is 0 Å². The molecule has 0 fully saturated rings. The lowest BCUT2D eigenvalue weighted by molar-refractivity contribution is 0.0686. The second-order valence-electron chi connectivity index (χ2n) is 8.13. The van der Waals surface area contributed by atoms with E-state index in [1.54, 1.807) is 12.1 Å². The zero-order valence-corrected chi connectivity index (χ0v) is 17.3. The third-order valence-electron chi connectivity index (χ3n) is 6.27. The number of carboxylic acid groups (broad SMARTS) is 2. The molecule has 154 valence electrons. The Morgan fingerprint density at radius 3 is 1.48 bits per heavy atom. The molecule has 0 spiro atoms. The normalized spacial score (nSPS) is 13.7. The number of benzene rings is 2. The third kappa shape index (κ3) is 3.93. The van der Waals surface area contributed by atoms with Gasteiger partial charge in [-0.15, -0.1) is 0 Å². The molecule has 0 saturated carbocycles. The maximum absolute atomic E-state index is 11.7. The molecule has 0 unspecified atom stereocenters. The van der Waals surface area contributed by atoms with E-state index in [2.05, 4.69) is 13.8 Å². The van der Waals surface area contributed by atoms with Crippen molar-refractivity contribution in [1.29, 1.82) is 0 Å². The van der Waals surface area contributed by atoms with Crippen molar-refractivity contribution < 1.29 is 19.8 Å². The van der Waals surface area contributed by atoms with E-state index in [-0.39, 0.29) is 5.41 Å². The fourth-order valence-electron chi connectivity index (χ4n) is 4.78. The molecule has 0 amide bonds. The quantitative estimate of drug-likeness (QED) is 0.450. The highest BCUT2D eigenvalue weighted by Crippen LogP contribution is 2.54. The maximum atomic E-state index is 11.7. The number of fused-ring (bicyclic) bond motifs is 3. The molecule has 0 atom stereocenters.